The van der Waals surface area contributed by atoms with Gasteiger partial charge in [0.25, 0.3) is 0 Å². The van der Waals surface area contributed by atoms with E-state index >= 15 is 0 Å². The van der Waals surface area contributed by atoms with Gasteiger partial charge in [0.05, 0.1) is 0 Å². The van der Waals surface area contributed by atoms with E-state index in [0.717, 1.165) is 51.6 Å². The summed E-state index contributed by atoms with van der Waals surface area (Å²) in [4.78, 5) is 29.9. The second kappa shape index (κ2) is 5.59. The highest BCUT2D eigenvalue weighted by atomic mass is 16.2. The molecule has 1 unspecified atom stereocenters. The molecule has 2 saturated heterocycles. The fraction of sp³-hybridized carbons (Fsp3) is 0.875. The van der Waals surface area contributed by atoms with E-state index in [0.29, 0.717) is 6.42 Å². The molecule has 1 atom stereocenters. The molecular weight excluding hydrogens is 266 g/mol. The number of likely N-dealkylation sites (tertiary alicyclic amines) is 1. The number of hydrogen-bond donors (Lipinski definition) is 1. The van der Waals surface area contributed by atoms with E-state index in [1.165, 1.54) is 0 Å². The Hall–Kier alpha value is -1.10. The van der Waals surface area contributed by atoms with Crippen molar-refractivity contribution in [1.82, 2.24) is 15.1 Å². The van der Waals surface area contributed by atoms with Gasteiger partial charge in [-0.1, -0.05) is 19.8 Å². The summed E-state index contributed by atoms with van der Waals surface area (Å²) < 4.78 is 0. The van der Waals surface area contributed by atoms with Crippen LogP contribution in [0.3, 0.4) is 0 Å². The zero-order valence-electron chi connectivity index (χ0n) is 13.2. The van der Waals surface area contributed by atoms with Gasteiger partial charge >= 0.3 is 0 Å². The van der Waals surface area contributed by atoms with Crippen LogP contribution in [0.25, 0.3) is 0 Å². The van der Waals surface area contributed by atoms with Crippen LogP contribution < -0.4 is 5.32 Å². The van der Waals surface area contributed by atoms with Crippen LogP contribution in [0.4, 0.5) is 0 Å². The summed E-state index contributed by atoms with van der Waals surface area (Å²) in [7, 11) is 2.12. The molecule has 0 radical (unpaired) electrons. The van der Waals surface area contributed by atoms with Crippen LogP contribution in [0.5, 0.6) is 0 Å². The van der Waals surface area contributed by atoms with Crippen molar-refractivity contribution in [1.29, 1.82) is 0 Å². The van der Waals surface area contributed by atoms with Crippen molar-refractivity contribution in [2.24, 2.45) is 0 Å². The molecule has 3 fully saturated rings. The fourth-order valence-electron chi connectivity index (χ4n) is 4.28. The van der Waals surface area contributed by atoms with E-state index in [-0.39, 0.29) is 23.9 Å². The van der Waals surface area contributed by atoms with Gasteiger partial charge in [0.1, 0.15) is 11.6 Å². The molecule has 5 heteroatoms. The molecule has 0 aromatic rings. The molecule has 1 spiro atoms. The third kappa shape index (κ3) is 2.45. The predicted molar refractivity (Wildman–Crippen MR) is 80.8 cm³/mol. The van der Waals surface area contributed by atoms with Crippen LogP contribution >= 0.6 is 0 Å². The summed E-state index contributed by atoms with van der Waals surface area (Å²) in [5.74, 6) is 0.263. The number of carbonyl (C=O) groups is 2. The number of carbonyl (C=O) groups excluding carboxylic acids is 2. The first-order valence-electron chi connectivity index (χ1n) is 8.41. The Morgan fingerprint density at radius 1 is 1.19 bits per heavy atom. The molecule has 1 saturated carbocycles. The van der Waals surface area contributed by atoms with Gasteiger partial charge < -0.3 is 15.1 Å². The van der Waals surface area contributed by atoms with E-state index in [2.05, 4.69) is 17.3 Å². The number of nitrogens with zero attached hydrogens (tertiary/aromatic N) is 2. The van der Waals surface area contributed by atoms with Gasteiger partial charge in [0, 0.05) is 6.04 Å². The number of rotatable bonds is 2. The second-order valence-corrected chi connectivity index (χ2v) is 6.95. The van der Waals surface area contributed by atoms with Crippen LogP contribution in [-0.4, -0.2) is 59.4 Å². The van der Waals surface area contributed by atoms with E-state index in [1.54, 1.807) is 0 Å². The molecule has 5 nitrogen and oxygen atoms in total. The van der Waals surface area contributed by atoms with E-state index in [4.69, 9.17) is 0 Å². The molecule has 2 heterocycles. The number of piperidine rings is 1. The first-order chi connectivity index (χ1) is 10.1. The molecule has 0 aromatic heterocycles. The molecule has 0 aromatic carbocycles. The molecule has 1 aliphatic carbocycles. The number of nitrogens with one attached hydrogen (secondary N) is 1. The molecule has 118 valence electrons. The van der Waals surface area contributed by atoms with Crippen molar-refractivity contribution in [3.8, 4) is 0 Å². The smallest absolute Gasteiger partial charge is 0.249 e. The summed E-state index contributed by atoms with van der Waals surface area (Å²) in [5, 5.41) is 3.08. The topological polar surface area (TPSA) is 52.7 Å². The van der Waals surface area contributed by atoms with Gasteiger partial charge in [-0.25, -0.2) is 0 Å². The summed E-state index contributed by atoms with van der Waals surface area (Å²) in [6.45, 7) is 4.03. The van der Waals surface area contributed by atoms with Gasteiger partial charge in [0.2, 0.25) is 11.8 Å². The quantitative estimate of drug-likeness (QED) is 0.830. The average molecular weight is 293 g/mol. The van der Waals surface area contributed by atoms with Gasteiger partial charge in [-0.2, -0.15) is 0 Å². The van der Waals surface area contributed by atoms with Crippen molar-refractivity contribution < 1.29 is 9.59 Å². The van der Waals surface area contributed by atoms with E-state index in [9.17, 15) is 9.59 Å². The lowest BCUT2D eigenvalue weighted by molar-refractivity contribution is -0.159. The molecule has 3 aliphatic rings. The Kier molecular flexibility index (Phi) is 3.95. The molecule has 2 amide bonds. The maximum atomic E-state index is 13.1. The zero-order chi connectivity index (χ0) is 15.0. The van der Waals surface area contributed by atoms with Crippen LogP contribution in [0.2, 0.25) is 0 Å². The van der Waals surface area contributed by atoms with Crippen LogP contribution in [-0.2, 0) is 9.59 Å². The largest absolute Gasteiger partial charge is 0.340 e. The minimum Gasteiger partial charge on any atom is -0.340 e. The van der Waals surface area contributed by atoms with Crippen molar-refractivity contribution in [3.05, 3.63) is 0 Å². The normalized spacial score (nSPS) is 31.0. The number of amides is 2. The molecule has 21 heavy (non-hydrogen) atoms. The molecule has 2 aliphatic heterocycles. The van der Waals surface area contributed by atoms with Crippen molar-refractivity contribution in [2.75, 3.05) is 20.1 Å². The Balaban J connectivity index is 1.86. The second-order valence-electron chi connectivity index (χ2n) is 6.95. The third-order valence-electron chi connectivity index (χ3n) is 5.57. The maximum absolute atomic E-state index is 13.1. The Bertz CT molecular complexity index is 423. The van der Waals surface area contributed by atoms with Crippen molar-refractivity contribution in [2.45, 2.75) is 69.5 Å². The SMILES string of the molecule is CCC1C(=O)NC2(CCCC2)C(=O)N1C1CCN(C)CC1. The summed E-state index contributed by atoms with van der Waals surface area (Å²) in [5.41, 5.74) is -0.577. The third-order valence-corrected chi connectivity index (χ3v) is 5.57. The van der Waals surface area contributed by atoms with Crippen LogP contribution in [0, 0.1) is 0 Å². The summed E-state index contributed by atoms with van der Waals surface area (Å²) in [6.07, 6.45) is 6.41. The highest BCUT2D eigenvalue weighted by Gasteiger charge is 2.53. The Morgan fingerprint density at radius 3 is 2.38 bits per heavy atom. The van der Waals surface area contributed by atoms with Crippen molar-refractivity contribution in [3.63, 3.8) is 0 Å². The van der Waals surface area contributed by atoms with E-state index < -0.39 is 5.54 Å². The monoisotopic (exact) mass is 293 g/mol. The van der Waals surface area contributed by atoms with Gasteiger partial charge in [0.15, 0.2) is 0 Å². The first kappa shape index (κ1) is 14.8. The standard InChI is InChI=1S/C16H27N3O2/c1-3-13-14(20)17-16(8-4-5-9-16)15(21)19(13)12-6-10-18(2)11-7-12/h12-13H,3-11H2,1-2H3,(H,17,20). The number of piperazine rings is 1. The van der Waals surface area contributed by atoms with Gasteiger partial charge in [-0.05, 0) is 52.2 Å². The summed E-state index contributed by atoms with van der Waals surface area (Å²) >= 11 is 0. The lowest BCUT2D eigenvalue weighted by atomic mass is 9.87. The zero-order valence-corrected chi connectivity index (χ0v) is 13.2. The molecule has 1 N–H and O–H groups in total. The maximum Gasteiger partial charge on any atom is 0.249 e. The predicted octanol–water partition coefficient (Wildman–Crippen LogP) is 1.13. The molecule has 3 rings (SSSR count). The highest BCUT2D eigenvalue weighted by Crippen LogP contribution is 2.37. The molecule has 0 bridgehead atoms. The van der Waals surface area contributed by atoms with Crippen molar-refractivity contribution >= 4 is 11.8 Å². The minimum atomic E-state index is -0.577. The Morgan fingerprint density at radius 2 is 1.81 bits per heavy atom. The fourth-order valence-corrected chi connectivity index (χ4v) is 4.28. The number of hydrogen-bond acceptors (Lipinski definition) is 3. The van der Waals surface area contributed by atoms with Gasteiger partial charge in [-0.15, -0.1) is 0 Å². The lowest BCUT2D eigenvalue weighted by Gasteiger charge is -2.49. The van der Waals surface area contributed by atoms with Gasteiger partial charge in [-0.3, -0.25) is 9.59 Å². The lowest BCUT2D eigenvalue weighted by Crippen LogP contribution is -2.71. The average Bonchev–Trinajstić information content (AvgIpc) is 2.93. The summed E-state index contributed by atoms with van der Waals surface area (Å²) in [6, 6.07) is -0.0284. The van der Waals surface area contributed by atoms with Crippen LogP contribution in [0.1, 0.15) is 51.9 Å². The van der Waals surface area contributed by atoms with Crippen LogP contribution in [0.15, 0.2) is 0 Å². The van der Waals surface area contributed by atoms with E-state index in [1.807, 2.05) is 11.8 Å². The first-order valence-corrected chi connectivity index (χ1v) is 8.41. The molecular formula is C16H27N3O2. The Labute approximate surface area is 127 Å². The minimum absolute atomic E-state index is 0.0675. The highest BCUT2D eigenvalue weighted by molar-refractivity contribution is 6.00.